The number of ether oxygens (including phenoxy) is 1. The maximum atomic E-state index is 16.6. The van der Waals surface area contributed by atoms with Gasteiger partial charge < -0.3 is 14.5 Å². The molecule has 2 fully saturated rings. The monoisotopic (exact) mass is 667 g/mol. The number of pyridine rings is 1. The Morgan fingerprint density at radius 1 is 1.19 bits per heavy atom. The molecule has 0 spiro atoms. The normalized spacial score (nSPS) is 19.9. The van der Waals surface area contributed by atoms with Crippen molar-refractivity contribution >= 4 is 45.0 Å². The lowest BCUT2D eigenvalue weighted by atomic mass is 10.0. The number of anilines is 1. The van der Waals surface area contributed by atoms with Crippen LogP contribution in [-0.4, -0.2) is 95.2 Å². The van der Waals surface area contributed by atoms with E-state index in [1.807, 2.05) is 12.1 Å². The van der Waals surface area contributed by atoms with Crippen molar-refractivity contribution in [3.8, 4) is 23.3 Å². The Hall–Kier alpha value is -4.54. The number of allylic oxidation sites excluding steroid dienone is 1. The summed E-state index contributed by atoms with van der Waals surface area (Å²) in [5.41, 5.74) is 0.345. The first-order valence-corrected chi connectivity index (χ1v) is 15.4. The third-order valence-corrected chi connectivity index (χ3v) is 8.85. The van der Waals surface area contributed by atoms with Crippen LogP contribution in [0.15, 0.2) is 54.7 Å². The second kappa shape index (κ2) is 13.3. The van der Waals surface area contributed by atoms with Crippen molar-refractivity contribution in [2.24, 2.45) is 0 Å². The minimum atomic E-state index is -2.86. The van der Waals surface area contributed by atoms with Crippen molar-refractivity contribution in [3.63, 3.8) is 0 Å². The zero-order chi connectivity index (χ0) is 33.3. The number of fused-ring (bicyclic) bond motifs is 2. The second-order valence-corrected chi connectivity index (χ2v) is 12.1. The van der Waals surface area contributed by atoms with Gasteiger partial charge in [-0.05, 0) is 24.6 Å². The summed E-state index contributed by atoms with van der Waals surface area (Å²) in [6, 6.07) is 11.4. The second-order valence-electron chi connectivity index (χ2n) is 11.6. The van der Waals surface area contributed by atoms with Crippen LogP contribution >= 0.6 is 11.6 Å². The highest BCUT2D eigenvalue weighted by Gasteiger charge is 2.43. The van der Waals surface area contributed by atoms with Gasteiger partial charge in [0.2, 0.25) is 5.91 Å². The highest BCUT2D eigenvalue weighted by Crippen LogP contribution is 2.38. The molecule has 2 atom stereocenters. The summed E-state index contributed by atoms with van der Waals surface area (Å²) in [7, 11) is 1.58. The van der Waals surface area contributed by atoms with Gasteiger partial charge in [0.15, 0.2) is 5.82 Å². The van der Waals surface area contributed by atoms with E-state index >= 15 is 4.39 Å². The quantitative estimate of drug-likeness (QED) is 0.172. The third-order valence-electron chi connectivity index (χ3n) is 8.54. The molecule has 1 amide bonds. The van der Waals surface area contributed by atoms with E-state index < -0.39 is 49.4 Å². The first-order valence-electron chi connectivity index (χ1n) is 15.0. The number of amides is 1. The van der Waals surface area contributed by atoms with Crippen LogP contribution in [0.4, 0.5) is 23.4 Å². The number of hydrogen-bond acceptors (Lipinski definition) is 8. The van der Waals surface area contributed by atoms with Gasteiger partial charge in [-0.2, -0.15) is 15.2 Å². The summed E-state index contributed by atoms with van der Waals surface area (Å²) in [5, 5.41) is 11.6. The molecule has 2 saturated heterocycles. The van der Waals surface area contributed by atoms with Crippen molar-refractivity contribution in [3.05, 3.63) is 65.6 Å². The summed E-state index contributed by atoms with van der Waals surface area (Å²) < 4.78 is 63.3. The average molecular weight is 668 g/mol. The van der Waals surface area contributed by atoms with E-state index in [0.717, 1.165) is 17.5 Å². The molecule has 2 aromatic heterocycles. The Bertz CT molecular complexity index is 1900. The van der Waals surface area contributed by atoms with E-state index in [2.05, 4.69) is 21.0 Å². The highest BCUT2D eigenvalue weighted by atomic mass is 35.5. The van der Waals surface area contributed by atoms with Crippen molar-refractivity contribution in [2.45, 2.75) is 30.8 Å². The fourth-order valence-electron chi connectivity index (χ4n) is 6.28. The SMILES string of the molecule is CN1CC(F)(F)C[C@H]1COc1nc(N2CCN(C(=O)/C=C/CF)[C@@H](CC#N)C2)c2cnc(-c3cccc4cccc(Cl)c34)c(F)c2n1. The Labute approximate surface area is 273 Å². The molecule has 4 aromatic rings. The van der Waals surface area contributed by atoms with E-state index in [4.69, 9.17) is 16.3 Å². The molecule has 14 heteroatoms. The molecule has 0 N–H and O–H groups in total. The molecule has 47 heavy (non-hydrogen) atoms. The van der Waals surface area contributed by atoms with Gasteiger partial charge in [-0.15, -0.1) is 0 Å². The van der Waals surface area contributed by atoms with Crippen molar-refractivity contribution in [1.82, 2.24) is 24.8 Å². The van der Waals surface area contributed by atoms with Crippen LogP contribution in [0.25, 0.3) is 32.9 Å². The largest absolute Gasteiger partial charge is 0.462 e. The maximum Gasteiger partial charge on any atom is 0.319 e. The summed E-state index contributed by atoms with van der Waals surface area (Å²) >= 11 is 6.54. The number of halogens is 5. The number of rotatable bonds is 8. The molecule has 244 valence electrons. The van der Waals surface area contributed by atoms with Crippen LogP contribution in [0, 0.1) is 17.1 Å². The van der Waals surface area contributed by atoms with Crippen LogP contribution in [0.2, 0.25) is 5.02 Å². The number of nitriles is 1. The van der Waals surface area contributed by atoms with E-state index in [9.17, 15) is 23.2 Å². The highest BCUT2D eigenvalue weighted by molar-refractivity contribution is 6.36. The molecular weight excluding hydrogens is 638 g/mol. The van der Waals surface area contributed by atoms with E-state index in [-0.39, 0.29) is 61.1 Å². The zero-order valence-corrected chi connectivity index (χ0v) is 26.1. The van der Waals surface area contributed by atoms with Crippen LogP contribution in [0.1, 0.15) is 12.8 Å². The number of alkyl halides is 3. The lowest BCUT2D eigenvalue weighted by Crippen LogP contribution is -2.55. The lowest BCUT2D eigenvalue weighted by Gasteiger charge is -2.41. The number of likely N-dealkylation sites (tertiary alicyclic amines) is 1. The number of aromatic nitrogens is 3. The number of carbonyl (C=O) groups is 1. The lowest BCUT2D eigenvalue weighted by molar-refractivity contribution is -0.128. The first-order chi connectivity index (χ1) is 22.6. The summed E-state index contributed by atoms with van der Waals surface area (Å²) in [6.07, 6.45) is 3.27. The molecule has 0 saturated carbocycles. The molecule has 0 bridgehead atoms. The van der Waals surface area contributed by atoms with Crippen LogP contribution < -0.4 is 9.64 Å². The molecule has 0 radical (unpaired) electrons. The van der Waals surface area contributed by atoms with Gasteiger partial charge in [-0.3, -0.25) is 14.7 Å². The molecule has 2 aliphatic rings. The van der Waals surface area contributed by atoms with Crippen LogP contribution in [-0.2, 0) is 4.79 Å². The molecule has 2 aliphatic heterocycles. The van der Waals surface area contributed by atoms with Crippen molar-refractivity contribution in [2.75, 3.05) is 51.4 Å². The van der Waals surface area contributed by atoms with E-state index in [1.54, 1.807) is 36.2 Å². The molecule has 0 aliphatic carbocycles. The maximum absolute atomic E-state index is 16.6. The van der Waals surface area contributed by atoms with Gasteiger partial charge in [0.1, 0.15) is 30.3 Å². The minimum absolute atomic E-state index is 0.000563. The molecule has 9 nitrogen and oxygen atoms in total. The average Bonchev–Trinajstić information content (AvgIpc) is 3.33. The van der Waals surface area contributed by atoms with Gasteiger partial charge in [0, 0.05) is 60.3 Å². The zero-order valence-electron chi connectivity index (χ0n) is 25.3. The summed E-state index contributed by atoms with van der Waals surface area (Å²) in [4.78, 5) is 31.0. The van der Waals surface area contributed by atoms with Crippen molar-refractivity contribution < 1.29 is 27.1 Å². The summed E-state index contributed by atoms with van der Waals surface area (Å²) in [6.45, 7) is -0.809. The fourth-order valence-corrected chi connectivity index (χ4v) is 6.57. The van der Waals surface area contributed by atoms with Crippen LogP contribution in [0.5, 0.6) is 6.01 Å². The predicted molar refractivity (Wildman–Crippen MR) is 170 cm³/mol. The molecule has 6 rings (SSSR count). The van der Waals surface area contributed by atoms with Gasteiger partial charge >= 0.3 is 6.01 Å². The Kier molecular flexibility index (Phi) is 9.16. The Morgan fingerprint density at radius 2 is 1.98 bits per heavy atom. The standard InChI is InChI=1S/C33H30ClF4N7O2/c1-43-19-33(37,38)15-22(43)18-47-32-41-30-24(16-40-29(28(30)36)23-7-2-5-20-6-3-8-25(34)27(20)23)31(42-32)44-13-14-45(21(17-44)10-12-39)26(46)9-4-11-35/h2-9,16,21-22H,10-11,13-15,17-19H2,1H3/b9-4+/t21-,22-/m0/s1. The van der Waals surface area contributed by atoms with Gasteiger partial charge in [0.05, 0.1) is 30.5 Å². The molecule has 4 heterocycles. The third kappa shape index (κ3) is 6.53. The van der Waals surface area contributed by atoms with E-state index in [1.165, 1.54) is 16.0 Å². The summed E-state index contributed by atoms with van der Waals surface area (Å²) in [5.74, 6) is -3.80. The molecular formula is C33H30ClF4N7O2. The smallest absolute Gasteiger partial charge is 0.319 e. The Balaban J connectivity index is 1.43. The van der Waals surface area contributed by atoms with Crippen LogP contribution in [0.3, 0.4) is 0 Å². The predicted octanol–water partition coefficient (Wildman–Crippen LogP) is 5.81. The number of carbonyl (C=O) groups excluding carboxylic acids is 1. The minimum Gasteiger partial charge on any atom is -0.462 e. The number of likely N-dealkylation sites (N-methyl/N-ethyl adjacent to an activating group) is 1. The molecule has 0 unspecified atom stereocenters. The number of hydrogen-bond donors (Lipinski definition) is 0. The topological polar surface area (TPSA) is 98.5 Å². The number of nitrogens with zero attached hydrogens (tertiary/aromatic N) is 7. The van der Waals surface area contributed by atoms with Gasteiger partial charge in [-0.1, -0.05) is 41.9 Å². The van der Waals surface area contributed by atoms with Crippen molar-refractivity contribution in [1.29, 1.82) is 5.26 Å². The Morgan fingerprint density at radius 3 is 2.70 bits per heavy atom. The van der Waals surface area contributed by atoms with Gasteiger partial charge in [-0.25, -0.2) is 17.6 Å². The first kappa shape index (κ1) is 32.4. The van der Waals surface area contributed by atoms with E-state index in [0.29, 0.717) is 16.0 Å². The fraction of sp³-hybridized carbons (Fsp3) is 0.364. The van der Waals surface area contributed by atoms with Gasteiger partial charge in [0.25, 0.3) is 5.92 Å². The number of benzene rings is 2. The number of piperazine rings is 1. The molecule has 2 aromatic carbocycles.